The molecule has 0 radical (unpaired) electrons. The standard InChI is InChI=1S/C20H28N2O3S/c1-15-6-11-26-20(15)14-21-13-17(22-7-9-25-10-8-22)16-4-5-18(23-2)19(12-16)24-3/h4-6,11-12,17,21H,7-10,13-14H2,1-3H3/t17-/m0/s1. The van der Waals surface area contributed by atoms with Gasteiger partial charge in [0.2, 0.25) is 0 Å². The molecule has 1 aliphatic rings. The minimum Gasteiger partial charge on any atom is -0.493 e. The molecule has 0 amide bonds. The lowest BCUT2D eigenvalue weighted by Gasteiger charge is -2.35. The zero-order valence-corrected chi connectivity index (χ0v) is 16.6. The van der Waals surface area contributed by atoms with Crippen molar-refractivity contribution in [2.75, 3.05) is 47.1 Å². The van der Waals surface area contributed by atoms with Crippen molar-refractivity contribution in [2.24, 2.45) is 0 Å². The van der Waals surface area contributed by atoms with Gasteiger partial charge in [0.05, 0.1) is 27.4 Å². The van der Waals surface area contributed by atoms with Crippen LogP contribution in [0.2, 0.25) is 0 Å². The molecule has 3 rings (SSSR count). The first kappa shape index (κ1) is 19.2. The second kappa shape index (κ2) is 9.37. The van der Waals surface area contributed by atoms with Gasteiger partial charge in [-0.15, -0.1) is 11.3 Å². The molecule has 1 aliphatic heterocycles. The number of thiophene rings is 1. The average Bonchev–Trinajstić information content (AvgIpc) is 3.10. The summed E-state index contributed by atoms with van der Waals surface area (Å²) in [6.45, 7) is 7.41. The Morgan fingerprint density at radius 1 is 1.15 bits per heavy atom. The Kier molecular flexibility index (Phi) is 6.91. The molecule has 2 heterocycles. The molecule has 6 heteroatoms. The zero-order chi connectivity index (χ0) is 18.4. The molecular formula is C20H28N2O3S. The monoisotopic (exact) mass is 376 g/mol. The molecule has 142 valence electrons. The highest BCUT2D eigenvalue weighted by Crippen LogP contribution is 2.32. The number of nitrogens with one attached hydrogen (secondary N) is 1. The number of rotatable bonds is 8. The van der Waals surface area contributed by atoms with Crippen LogP contribution in [0.4, 0.5) is 0 Å². The molecule has 2 aromatic rings. The van der Waals surface area contributed by atoms with Crippen LogP contribution in [0.1, 0.15) is 22.0 Å². The largest absolute Gasteiger partial charge is 0.493 e. The van der Waals surface area contributed by atoms with Gasteiger partial charge in [0, 0.05) is 37.1 Å². The molecule has 0 aliphatic carbocycles. The van der Waals surface area contributed by atoms with Crippen molar-refractivity contribution < 1.29 is 14.2 Å². The molecule has 26 heavy (non-hydrogen) atoms. The molecule has 1 saturated heterocycles. The Hall–Kier alpha value is -1.60. The van der Waals surface area contributed by atoms with E-state index in [0.717, 1.165) is 50.9 Å². The van der Waals surface area contributed by atoms with E-state index < -0.39 is 0 Å². The average molecular weight is 377 g/mol. The van der Waals surface area contributed by atoms with E-state index in [1.54, 1.807) is 14.2 Å². The first-order valence-corrected chi connectivity index (χ1v) is 9.88. The number of nitrogens with zero attached hydrogens (tertiary/aromatic N) is 1. The van der Waals surface area contributed by atoms with Crippen molar-refractivity contribution in [3.05, 3.63) is 45.6 Å². The van der Waals surface area contributed by atoms with Gasteiger partial charge in [0.1, 0.15) is 0 Å². The lowest BCUT2D eigenvalue weighted by Crippen LogP contribution is -2.42. The highest BCUT2D eigenvalue weighted by Gasteiger charge is 2.23. The topological polar surface area (TPSA) is 43.0 Å². The highest BCUT2D eigenvalue weighted by molar-refractivity contribution is 7.10. The summed E-state index contributed by atoms with van der Waals surface area (Å²) in [5, 5.41) is 5.80. The third kappa shape index (κ3) is 4.57. The van der Waals surface area contributed by atoms with E-state index in [1.807, 2.05) is 17.4 Å². The van der Waals surface area contributed by atoms with E-state index in [4.69, 9.17) is 14.2 Å². The van der Waals surface area contributed by atoms with Gasteiger partial charge in [-0.1, -0.05) is 6.07 Å². The quantitative estimate of drug-likeness (QED) is 0.766. The van der Waals surface area contributed by atoms with E-state index in [1.165, 1.54) is 16.0 Å². The van der Waals surface area contributed by atoms with Crippen molar-refractivity contribution in [1.29, 1.82) is 0 Å². The predicted molar refractivity (Wildman–Crippen MR) is 105 cm³/mol. The number of ether oxygens (including phenoxy) is 3. The lowest BCUT2D eigenvalue weighted by atomic mass is 10.0. The maximum Gasteiger partial charge on any atom is 0.161 e. The number of aryl methyl sites for hydroxylation is 1. The van der Waals surface area contributed by atoms with Crippen LogP contribution in [-0.2, 0) is 11.3 Å². The molecule has 0 spiro atoms. The van der Waals surface area contributed by atoms with Gasteiger partial charge < -0.3 is 19.5 Å². The lowest BCUT2D eigenvalue weighted by molar-refractivity contribution is 0.0160. The van der Waals surface area contributed by atoms with Gasteiger partial charge in [-0.2, -0.15) is 0 Å². The van der Waals surface area contributed by atoms with Crippen LogP contribution < -0.4 is 14.8 Å². The Bertz CT molecular complexity index is 698. The van der Waals surface area contributed by atoms with Crippen LogP contribution in [0.25, 0.3) is 0 Å². The van der Waals surface area contributed by atoms with Crippen LogP contribution in [0.15, 0.2) is 29.6 Å². The van der Waals surface area contributed by atoms with E-state index in [9.17, 15) is 0 Å². The summed E-state index contributed by atoms with van der Waals surface area (Å²) in [6, 6.07) is 8.68. The molecule has 0 saturated carbocycles. The Morgan fingerprint density at radius 2 is 1.92 bits per heavy atom. The normalized spacial score (nSPS) is 16.4. The van der Waals surface area contributed by atoms with Crippen LogP contribution in [0.3, 0.4) is 0 Å². The minimum absolute atomic E-state index is 0.277. The van der Waals surface area contributed by atoms with Crippen molar-refractivity contribution in [2.45, 2.75) is 19.5 Å². The van der Waals surface area contributed by atoms with Crippen molar-refractivity contribution in [3.8, 4) is 11.5 Å². The van der Waals surface area contributed by atoms with Gasteiger partial charge in [-0.05, 0) is 41.6 Å². The van der Waals surface area contributed by atoms with Crippen molar-refractivity contribution in [3.63, 3.8) is 0 Å². The van der Waals surface area contributed by atoms with Crippen LogP contribution in [0, 0.1) is 6.92 Å². The smallest absolute Gasteiger partial charge is 0.161 e. The summed E-state index contributed by atoms with van der Waals surface area (Å²) >= 11 is 1.81. The van der Waals surface area contributed by atoms with Crippen LogP contribution in [-0.4, -0.2) is 52.0 Å². The first-order chi connectivity index (χ1) is 12.7. The number of methoxy groups -OCH3 is 2. The van der Waals surface area contributed by atoms with Gasteiger partial charge in [-0.3, -0.25) is 4.90 Å². The third-order valence-corrected chi connectivity index (χ3v) is 5.89. The molecular weight excluding hydrogens is 348 g/mol. The molecule has 1 fully saturated rings. The predicted octanol–water partition coefficient (Wildman–Crippen LogP) is 3.24. The highest BCUT2D eigenvalue weighted by atomic mass is 32.1. The minimum atomic E-state index is 0.277. The van der Waals surface area contributed by atoms with E-state index in [2.05, 4.69) is 40.7 Å². The van der Waals surface area contributed by atoms with E-state index >= 15 is 0 Å². The summed E-state index contributed by atoms with van der Waals surface area (Å²) in [4.78, 5) is 3.89. The molecule has 5 nitrogen and oxygen atoms in total. The van der Waals surface area contributed by atoms with E-state index in [-0.39, 0.29) is 6.04 Å². The van der Waals surface area contributed by atoms with Crippen molar-refractivity contribution in [1.82, 2.24) is 10.2 Å². The Morgan fingerprint density at radius 3 is 2.58 bits per heavy atom. The Labute approximate surface area is 159 Å². The summed E-state index contributed by atoms with van der Waals surface area (Å²) in [6.07, 6.45) is 0. The van der Waals surface area contributed by atoms with E-state index in [0.29, 0.717) is 0 Å². The number of benzene rings is 1. The first-order valence-electron chi connectivity index (χ1n) is 9.00. The second-order valence-electron chi connectivity index (χ2n) is 6.44. The fourth-order valence-corrected chi connectivity index (χ4v) is 4.19. The number of hydrogen-bond acceptors (Lipinski definition) is 6. The SMILES string of the molecule is COc1ccc([C@H](CNCc2sccc2C)N2CCOCC2)cc1OC. The summed E-state index contributed by atoms with van der Waals surface area (Å²) in [5.41, 5.74) is 2.59. The molecule has 1 N–H and O–H groups in total. The van der Waals surface area contributed by atoms with Crippen LogP contribution >= 0.6 is 11.3 Å². The van der Waals surface area contributed by atoms with Crippen LogP contribution in [0.5, 0.6) is 11.5 Å². The molecule has 1 atom stereocenters. The van der Waals surface area contributed by atoms with Crippen molar-refractivity contribution >= 4 is 11.3 Å². The molecule has 0 bridgehead atoms. The van der Waals surface area contributed by atoms with Gasteiger partial charge in [-0.25, -0.2) is 0 Å². The fourth-order valence-electron chi connectivity index (χ4n) is 3.31. The molecule has 0 unspecified atom stereocenters. The summed E-state index contributed by atoms with van der Waals surface area (Å²) in [5.74, 6) is 1.54. The maximum absolute atomic E-state index is 5.54. The zero-order valence-electron chi connectivity index (χ0n) is 15.8. The summed E-state index contributed by atoms with van der Waals surface area (Å²) < 4.78 is 16.4. The number of morpholine rings is 1. The van der Waals surface area contributed by atoms with Gasteiger partial charge in [0.15, 0.2) is 11.5 Å². The summed E-state index contributed by atoms with van der Waals surface area (Å²) in [7, 11) is 3.35. The van der Waals surface area contributed by atoms with Gasteiger partial charge in [0.25, 0.3) is 0 Å². The fraction of sp³-hybridized carbons (Fsp3) is 0.500. The number of hydrogen-bond donors (Lipinski definition) is 1. The molecule has 1 aromatic carbocycles. The Balaban J connectivity index is 1.75. The molecule has 1 aromatic heterocycles. The second-order valence-corrected chi connectivity index (χ2v) is 7.44. The third-order valence-electron chi connectivity index (χ3n) is 4.87. The van der Waals surface area contributed by atoms with Gasteiger partial charge >= 0.3 is 0 Å². The maximum atomic E-state index is 5.54.